The second-order valence-corrected chi connectivity index (χ2v) is 15.1. The zero-order valence-corrected chi connectivity index (χ0v) is 34.5. The standard InChI is InChI=1S/C50H40N10O2/c1-55(2)35-13-17-37(18-14-35)57-33-59(49-11-7-5-9-47(49)57)39-25-43(31-51-29-39)61-41-21-23-53-45(27-41)46-28-42(22-24-54-46)62-44-26-40(30-52-32-44)60-34-58(48-10-6-8-12-50(48)60)38-19-15-36(16-20-38)56(3)4/h5-32H,1-4H3. The van der Waals surface area contributed by atoms with Crippen LogP contribution >= 0.6 is 0 Å². The van der Waals surface area contributed by atoms with E-state index in [0.717, 1.165) is 56.2 Å². The van der Waals surface area contributed by atoms with Crippen molar-refractivity contribution >= 4 is 33.4 Å². The summed E-state index contributed by atoms with van der Waals surface area (Å²) in [5.74, 6) is 2.28. The number of para-hydroxylation sites is 4. The van der Waals surface area contributed by atoms with Gasteiger partial charge in [0, 0.05) is 76.5 Å². The molecule has 6 heterocycles. The molecule has 0 fully saturated rings. The Morgan fingerprint density at radius 1 is 0.468 bits per heavy atom. The van der Waals surface area contributed by atoms with E-state index in [1.165, 1.54) is 0 Å². The Labute approximate surface area is 358 Å². The Morgan fingerprint density at radius 2 is 0.887 bits per heavy atom. The lowest BCUT2D eigenvalue weighted by Gasteiger charge is -2.13. The van der Waals surface area contributed by atoms with E-state index in [-0.39, 0.29) is 0 Å². The van der Waals surface area contributed by atoms with E-state index in [1.54, 1.807) is 49.3 Å². The number of anilines is 2. The molecule has 12 nitrogen and oxygen atoms in total. The molecule has 10 rings (SSSR count). The first kappa shape index (κ1) is 37.9. The van der Waals surface area contributed by atoms with Crippen molar-refractivity contribution in [3.05, 3.63) is 183 Å². The number of hydrogen-bond acceptors (Lipinski definition) is 8. The normalized spacial score (nSPS) is 11.2. The summed E-state index contributed by atoms with van der Waals surface area (Å²) in [5, 5.41) is 0. The summed E-state index contributed by atoms with van der Waals surface area (Å²) < 4.78 is 20.9. The van der Waals surface area contributed by atoms with Gasteiger partial charge in [0.2, 0.25) is 0 Å². The largest absolute Gasteiger partial charge is 0.456 e. The second-order valence-electron chi connectivity index (χ2n) is 15.1. The third kappa shape index (κ3) is 7.41. The molecule has 6 aromatic heterocycles. The Balaban J connectivity index is 0.886. The smallest absolute Gasteiger partial charge is 0.269 e. The maximum absolute atomic E-state index is 6.38. The first-order valence-electron chi connectivity index (χ1n) is 20.0. The van der Waals surface area contributed by atoms with Crippen LogP contribution in [-0.2, 0) is 0 Å². The zero-order chi connectivity index (χ0) is 42.2. The zero-order valence-electron chi connectivity index (χ0n) is 34.5. The summed E-state index contributed by atoms with van der Waals surface area (Å²) in [4.78, 5) is 22.5. The van der Waals surface area contributed by atoms with Gasteiger partial charge in [-0.05, 0) is 72.8 Å². The second kappa shape index (κ2) is 16.0. The first-order chi connectivity index (χ1) is 30.3. The van der Waals surface area contributed by atoms with Crippen molar-refractivity contribution in [2.75, 3.05) is 38.0 Å². The molecule has 0 aliphatic heterocycles. The molecule has 0 radical (unpaired) electrons. The third-order valence-corrected chi connectivity index (χ3v) is 10.5. The minimum atomic E-state index is 0.561. The molecule has 0 saturated carbocycles. The first-order valence-corrected chi connectivity index (χ1v) is 20.0. The fourth-order valence-corrected chi connectivity index (χ4v) is 7.36. The van der Waals surface area contributed by atoms with E-state index in [2.05, 4.69) is 124 Å². The highest BCUT2D eigenvalue weighted by molar-refractivity contribution is 5.76. The minimum Gasteiger partial charge on any atom is -0.456 e. The van der Waals surface area contributed by atoms with Crippen LogP contribution in [0.15, 0.2) is 171 Å². The predicted molar refractivity (Wildman–Crippen MR) is 239 cm³/mol. The molecule has 302 valence electrons. The molecule has 0 atom stereocenters. The number of pyridine rings is 4. The number of nitrogens with zero attached hydrogens (tertiary/aromatic N) is 10. The van der Waals surface area contributed by atoms with E-state index in [4.69, 9.17) is 9.47 Å². The lowest BCUT2D eigenvalue weighted by atomic mass is 10.2. The highest BCUT2D eigenvalue weighted by Crippen LogP contribution is 2.30. The molecule has 0 bridgehead atoms. The lowest BCUT2D eigenvalue weighted by molar-refractivity contribution is -0.573. The molecule has 0 N–H and O–H groups in total. The molecule has 62 heavy (non-hydrogen) atoms. The van der Waals surface area contributed by atoms with Crippen LogP contribution in [0.3, 0.4) is 0 Å². The Hall–Kier alpha value is -8.38. The van der Waals surface area contributed by atoms with Gasteiger partial charge in [0.15, 0.2) is 0 Å². The van der Waals surface area contributed by atoms with Gasteiger partial charge in [-0.3, -0.25) is 38.2 Å². The number of aromatic nitrogens is 8. The maximum atomic E-state index is 6.38. The quantitative estimate of drug-likeness (QED) is 0.0947. The molecular formula is C50H40N10O2. The summed E-state index contributed by atoms with van der Waals surface area (Å²) >= 11 is 0. The highest BCUT2D eigenvalue weighted by atomic mass is 16.5. The average molecular weight is 813 g/mol. The van der Waals surface area contributed by atoms with Gasteiger partial charge >= 0.3 is 0 Å². The number of hydrogen-bond donors (Lipinski definition) is 0. The van der Waals surface area contributed by atoms with Crippen LogP contribution in [0.4, 0.5) is 11.4 Å². The molecular weight excluding hydrogens is 773 g/mol. The molecule has 12 heteroatoms. The van der Waals surface area contributed by atoms with E-state index in [9.17, 15) is 0 Å². The number of rotatable bonds is 11. The van der Waals surface area contributed by atoms with Gasteiger partial charge in [0.1, 0.15) is 23.0 Å². The molecule has 0 unspecified atom stereocenters. The summed E-state index contributed by atoms with van der Waals surface area (Å²) in [6, 6.07) is 44.4. The van der Waals surface area contributed by atoms with Crippen LogP contribution in [0.2, 0.25) is 0 Å². The molecule has 0 aliphatic carbocycles. The van der Waals surface area contributed by atoms with Crippen molar-refractivity contribution in [2.45, 2.75) is 0 Å². The van der Waals surface area contributed by atoms with Crippen molar-refractivity contribution in [3.63, 3.8) is 0 Å². The van der Waals surface area contributed by atoms with Gasteiger partial charge in [-0.15, -0.1) is 0 Å². The number of fused-ring (bicyclic) bond motifs is 2. The van der Waals surface area contributed by atoms with Crippen molar-refractivity contribution in [3.8, 4) is 57.1 Å². The van der Waals surface area contributed by atoms with E-state index < -0.39 is 0 Å². The summed E-state index contributed by atoms with van der Waals surface area (Å²) in [6.07, 6.45) is 17.4. The van der Waals surface area contributed by atoms with Crippen LogP contribution in [0.1, 0.15) is 0 Å². The number of benzene rings is 4. The van der Waals surface area contributed by atoms with Gasteiger partial charge in [-0.1, -0.05) is 48.5 Å². The lowest BCUT2D eigenvalue weighted by Crippen LogP contribution is -2.29. The van der Waals surface area contributed by atoms with Crippen LogP contribution in [0.5, 0.6) is 23.0 Å². The highest BCUT2D eigenvalue weighted by Gasteiger charge is 2.16. The number of ether oxygens (including phenoxy) is 2. The van der Waals surface area contributed by atoms with Crippen LogP contribution in [-0.4, -0.2) is 57.3 Å². The summed E-state index contributed by atoms with van der Waals surface area (Å²) in [6.45, 7) is 0. The number of imidazole rings is 2. The van der Waals surface area contributed by atoms with Gasteiger partial charge in [-0.2, -0.15) is 0 Å². The SMILES string of the molecule is CN(C)c1ccc(-n2[c-][n+](-c3cncc(Oc4ccnc(-c5cc(Oc6cncc(-[n+]7[c-]n(-c8ccc(N(C)C)cc8)c8ccccc87)c6)ccn5)c4)c3)c3ccccc32)cc1. The van der Waals surface area contributed by atoms with Crippen LogP contribution < -0.4 is 28.4 Å². The molecule has 0 aliphatic rings. The van der Waals surface area contributed by atoms with Crippen molar-refractivity contribution < 1.29 is 18.6 Å². The van der Waals surface area contributed by atoms with Crippen molar-refractivity contribution in [1.82, 2.24) is 29.1 Å². The van der Waals surface area contributed by atoms with Crippen LogP contribution in [0, 0.1) is 12.7 Å². The fraction of sp³-hybridized carbons (Fsp3) is 0.0800. The summed E-state index contributed by atoms with van der Waals surface area (Å²) in [5.41, 5.74) is 11.1. The maximum Gasteiger partial charge on any atom is 0.269 e. The van der Waals surface area contributed by atoms with Gasteiger partial charge in [0.05, 0.1) is 68.6 Å². The Morgan fingerprint density at radius 3 is 1.31 bits per heavy atom. The molecule has 10 aromatic rings. The van der Waals surface area contributed by atoms with Gasteiger partial charge in [0.25, 0.3) is 12.7 Å². The van der Waals surface area contributed by atoms with E-state index >= 15 is 0 Å². The molecule has 0 spiro atoms. The average Bonchev–Trinajstić information content (AvgIpc) is 3.89. The topological polar surface area (TPSA) is 94.1 Å². The van der Waals surface area contributed by atoms with Gasteiger partial charge in [-0.25, -0.2) is 0 Å². The molecule has 0 amide bonds. The van der Waals surface area contributed by atoms with E-state index in [1.807, 2.05) is 85.9 Å². The Bertz CT molecular complexity index is 2990. The third-order valence-electron chi connectivity index (χ3n) is 10.5. The fourth-order valence-electron chi connectivity index (χ4n) is 7.36. The minimum absolute atomic E-state index is 0.561. The van der Waals surface area contributed by atoms with Gasteiger partial charge < -0.3 is 19.3 Å². The van der Waals surface area contributed by atoms with Crippen molar-refractivity contribution in [1.29, 1.82) is 0 Å². The molecule has 4 aromatic carbocycles. The monoisotopic (exact) mass is 812 g/mol. The van der Waals surface area contributed by atoms with E-state index in [0.29, 0.717) is 34.4 Å². The molecule has 0 saturated heterocycles. The predicted octanol–water partition coefficient (Wildman–Crippen LogP) is 8.69. The van der Waals surface area contributed by atoms with Crippen LogP contribution in [0.25, 0.3) is 56.2 Å². The Kier molecular flexibility index (Phi) is 9.77. The van der Waals surface area contributed by atoms with Crippen molar-refractivity contribution in [2.24, 2.45) is 0 Å². The summed E-state index contributed by atoms with van der Waals surface area (Å²) in [7, 11) is 8.13.